The van der Waals surface area contributed by atoms with Crippen LogP contribution in [-0.2, 0) is 0 Å². The largest absolute Gasteiger partial charge is 0.496 e. The first-order valence-corrected chi connectivity index (χ1v) is 7.28. The smallest absolute Gasteiger partial charge is 0.320 e. The van der Waals surface area contributed by atoms with Crippen molar-refractivity contribution in [2.45, 2.75) is 13.0 Å². The summed E-state index contributed by atoms with van der Waals surface area (Å²) in [5.74, 6) is 1.82. The van der Waals surface area contributed by atoms with Crippen LogP contribution in [-0.4, -0.2) is 43.8 Å². The molecule has 0 radical (unpaired) electrons. The number of hydrogen-bond acceptors (Lipinski definition) is 5. The highest BCUT2D eigenvalue weighted by molar-refractivity contribution is 5.88. The second-order valence-corrected chi connectivity index (χ2v) is 5.38. The van der Waals surface area contributed by atoms with E-state index in [0.717, 1.165) is 11.3 Å². The van der Waals surface area contributed by atoms with Crippen molar-refractivity contribution in [1.82, 2.24) is 15.4 Å². The van der Waals surface area contributed by atoms with E-state index in [1.54, 1.807) is 20.1 Å². The minimum atomic E-state index is -0.333. The number of ether oxygens (including phenoxy) is 1. The summed E-state index contributed by atoms with van der Waals surface area (Å²) in [4.78, 5) is 14.0. The van der Waals surface area contributed by atoms with E-state index in [1.807, 2.05) is 43.3 Å². The number of aryl methyl sites for hydroxylation is 1. The Labute approximate surface area is 135 Å². The van der Waals surface area contributed by atoms with Crippen LogP contribution in [0.25, 0.3) is 0 Å². The van der Waals surface area contributed by atoms with Crippen LogP contribution in [0.4, 0.5) is 10.6 Å². The van der Waals surface area contributed by atoms with Crippen molar-refractivity contribution in [2.75, 3.05) is 33.1 Å². The fourth-order valence-corrected chi connectivity index (χ4v) is 2.29. The van der Waals surface area contributed by atoms with Crippen LogP contribution in [0, 0.1) is 6.92 Å². The minimum Gasteiger partial charge on any atom is -0.496 e. The maximum Gasteiger partial charge on any atom is 0.320 e. The number of carbonyl (C=O) groups excluding carboxylic acids is 1. The number of benzene rings is 1. The first-order chi connectivity index (χ1) is 11.0. The first-order valence-electron chi connectivity index (χ1n) is 7.28. The van der Waals surface area contributed by atoms with Gasteiger partial charge in [-0.1, -0.05) is 23.4 Å². The van der Waals surface area contributed by atoms with E-state index in [-0.39, 0.29) is 12.1 Å². The Hall–Kier alpha value is -2.54. The number of rotatable bonds is 6. The number of aromatic nitrogens is 1. The van der Waals surface area contributed by atoms with E-state index >= 15 is 0 Å². The van der Waals surface area contributed by atoms with Crippen molar-refractivity contribution in [3.63, 3.8) is 0 Å². The molecule has 2 rings (SSSR count). The van der Waals surface area contributed by atoms with E-state index in [9.17, 15) is 4.79 Å². The average Bonchev–Trinajstić information content (AvgIpc) is 2.92. The van der Waals surface area contributed by atoms with Gasteiger partial charge in [-0.3, -0.25) is 5.32 Å². The first kappa shape index (κ1) is 16.8. The number of hydrogen-bond donors (Lipinski definition) is 2. The molecule has 0 bridgehead atoms. The minimum absolute atomic E-state index is 0.0176. The maximum atomic E-state index is 12.0. The van der Waals surface area contributed by atoms with Gasteiger partial charge in [0.25, 0.3) is 0 Å². The fraction of sp³-hybridized carbons (Fsp3) is 0.375. The Morgan fingerprint density at radius 2 is 2.13 bits per heavy atom. The molecule has 1 aromatic heterocycles. The summed E-state index contributed by atoms with van der Waals surface area (Å²) in [5.41, 5.74) is 1.01. The SMILES string of the molecule is COc1ccccc1[C@H](CNC(=O)Nc1cc(C)on1)N(C)C. The van der Waals surface area contributed by atoms with Crippen molar-refractivity contribution in [3.05, 3.63) is 41.7 Å². The second kappa shape index (κ2) is 7.64. The maximum absolute atomic E-state index is 12.0. The van der Waals surface area contributed by atoms with E-state index < -0.39 is 0 Å². The van der Waals surface area contributed by atoms with Crippen molar-refractivity contribution >= 4 is 11.8 Å². The van der Waals surface area contributed by atoms with Crippen LogP contribution in [0.3, 0.4) is 0 Å². The summed E-state index contributed by atoms with van der Waals surface area (Å²) in [6, 6.07) is 9.07. The number of carbonyl (C=O) groups is 1. The molecule has 2 N–H and O–H groups in total. The van der Waals surface area contributed by atoms with Crippen molar-refractivity contribution in [1.29, 1.82) is 0 Å². The Kier molecular flexibility index (Phi) is 5.59. The van der Waals surface area contributed by atoms with Gasteiger partial charge in [-0.2, -0.15) is 0 Å². The lowest BCUT2D eigenvalue weighted by Gasteiger charge is -2.26. The number of amides is 2. The van der Waals surface area contributed by atoms with E-state index in [0.29, 0.717) is 18.1 Å². The van der Waals surface area contributed by atoms with Crippen LogP contribution in [0.5, 0.6) is 5.75 Å². The molecule has 7 heteroatoms. The predicted molar refractivity (Wildman–Crippen MR) is 87.7 cm³/mol. The lowest BCUT2D eigenvalue weighted by atomic mass is 10.0. The van der Waals surface area contributed by atoms with Crippen LogP contribution < -0.4 is 15.4 Å². The quantitative estimate of drug-likeness (QED) is 0.855. The molecule has 2 aromatic rings. The van der Waals surface area contributed by atoms with Gasteiger partial charge in [0.15, 0.2) is 5.82 Å². The molecule has 0 aliphatic heterocycles. The molecular formula is C16H22N4O3. The van der Waals surface area contributed by atoms with Crippen LogP contribution in [0.15, 0.2) is 34.9 Å². The molecule has 23 heavy (non-hydrogen) atoms. The third kappa shape index (κ3) is 4.46. The van der Waals surface area contributed by atoms with Gasteiger partial charge in [-0.15, -0.1) is 0 Å². The standard InChI is InChI=1S/C16H22N4O3/c1-11-9-15(19-23-11)18-16(21)17-10-13(20(2)3)12-7-5-6-8-14(12)22-4/h5-9,13H,10H2,1-4H3,(H2,17,18,19,21)/t13-/m0/s1. The Balaban J connectivity index is 2.01. The van der Waals surface area contributed by atoms with Gasteiger partial charge in [0.05, 0.1) is 13.2 Å². The Bertz CT molecular complexity index is 654. The molecular weight excluding hydrogens is 296 g/mol. The molecule has 1 heterocycles. The second-order valence-electron chi connectivity index (χ2n) is 5.38. The summed E-state index contributed by atoms with van der Waals surface area (Å²) in [5, 5.41) is 9.20. The molecule has 0 spiro atoms. The lowest BCUT2D eigenvalue weighted by molar-refractivity contribution is 0.241. The number of nitrogens with one attached hydrogen (secondary N) is 2. The molecule has 1 atom stereocenters. The highest BCUT2D eigenvalue weighted by Crippen LogP contribution is 2.27. The molecule has 1 aromatic carbocycles. The number of nitrogens with zero attached hydrogens (tertiary/aromatic N) is 2. The number of anilines is 1. The Morgan fingerprint density at radius 3 is 2.74 bits per heavy atom. The Morgan fingerprint density at radius 1 is 1.39 bits per heavy atom. The van der Waals surface area contributed by atoms with Crippen LogP contribution >= 0.6 is 0 Å². The topological polar surface area (TPSA) is 79.6 Å². The van der Waals surface area contributed by atoms with Gasteiger partial charge in [0.1, 0.15) is 11.5 Å². The molecule has 0 fully saturated rings. The van der Waals surface area contributed by atoms with E-state index in [1.165, 1.54) is 0 Å². The van der Waals surface area contributed by atoms with Gasteiger partial charge in [-0.25, -0.2) is 4.79 Å². The average molecular weight is 318 g/mol. The highest BCUT2D eigenvalue weighted by atomic mass is 16.5. The molecule has 2 amide bonds. The van der Waals surface area contributed by atoms with Gasteiger partial charge < -0.3 is 19.5 Å². The summed E-state index contributed by atoms with van der Waals surface area (Å²) in [6.45, 7) is 2.19. The van der Waals surface area contributed by atoms with Crippen molar-refractivity contribution in [2.24, 2.45) is 0 Å². The fourth-order valence-electron chi connectivity index (χ4n) is 2.29. The van der Waals surface area contributed by atoms with E-state index in [2.05, 4.69) is 15.8 Å². The normalized spacial score (nSPS) is 12.0. The van der Waals surface area contributed by atoms with Gasteiger partial charge in [0, 0.05) is 18.2 Å². The molecule has 124 valence electrons. The molecule has 7 nitrogen and oxygen atoms in total. The molecule has 0 saturated carbocycles. The predicted octanol–water partition coefficient (Wildman–Crippen LogP) is 2.42. The van der Waals surface area contributed by atoms with Crippen molar-refractivity contribution < 1.29 is 14.1 Å². The number of para-hydroxylation sites is 1. The van der Waals surface area contributed by atoms with Crippen molar-refractivity contribution in [3.8, 4) is 5.75 Å². The third-order valence-corrected chi connectivity index (χ3v) is 3.45. The summed E-state index contributed by atoms with van der Waals surface area (Å²) in [7, 11) is 5.55. The molecule has 0 aliphatic carbocycles. The summed E-state index contributed by atoms with van der Waals surface area (Å²) in [6.07, 6.45) is 0. The summed E-state index contributed by atoms with van der Waals surface area (Å²) < 4.78 is 10.3. The zero-order valence-corrected chi connectivity index (χ0v) is 13.8. The third-order valence-electron chi connectivity index (χ3n) is 3.45. The van der Waals surface area contributed by atoms with Crippen LogP contribution in [0.2, 0.25) is 0 Å². The van der Waals surface area contributed by atoms with Gasteiger partial charge >= 0.3 is 6.03 Å². The summed E-state index contributed by atoms with van der Waals surface area (Å²) >= 11 is 0. The number of urea groups is 1. The zero-order chi connectivity index (χ0) is 16.8. The molecule has 0 unspecified atom stereocenters. The van der Waals surface area contributed by atoms with E-state index in [4.69, 9.17) is 9.26 Å². The molecule has 0 aliphatic rings. The number of likely N-dealkylation sites (N-methyl/N-ethyl adjacent to an activating group) is 1. The monoisotopic (exact) mass is 318 g/mol. The zero-order valence-electron chi connectivity index (χ0n) is 13.8. The van der Waals surface area contributed by atoms with Crippen LogP contribution in [0.1, 0.15) is 17.4 Å². The number of methoxy groups -OCH3 is 1. The van der Waals surface area contributed by atoms with Gasteiger partial charge in [0.2, 0.25) is 0 Å². The molecule has 0 saturated heterocycles. The highest BCUT2D eigenvalue weighted by Gasteiger charge is 2.19. The lowest BCUT2D eigenvalue weighted by Crippen LogP contribution is -2.37. The van der Waals surface area contributed by atoms with Gasteiger partial charge in [-0.05, 0) is 27.1 Å².